The maximum absolute atomic E-state index is 13.6. The van der Waals surface area contributed by atoms with E-state index in [0.29, 0.717) is 13.0 Å². The van der Waals surface area contributed by atoms with Gasteiger partial charge >= 0.3 is 0 Å². The molecule has 0 radical (unpaired) electrons. The lowest BCUT2D eigenvalue weighted by Gasteiger charge is -2.22. The number of rotatable bonds is 7. The quantitative estimate of drug-likeness (QED) is 0.787. The second kappa shape index (κ2) is 7.41. The van der Waals surface area contributed by atoms with Gasteiger partial charge in [0.15, 0.2) is 11.6 Å². The van der Waals surface area contributed by atoms with Gasteiger partial charge in [0.25, 0.3) is 0 Å². The smallest absolute Gasteiger partial charge is 0.163 e. The molecule has 0 aliphatic carbocycles. The number of hydrogen-bond donors (Lipinski definition) is 2. The van der Waals surface area contributed by atoms with Crippen LogP contribution < -0.4 is 5.32 Å². The predicted molar refractivity (Wildman–Crippen MR) is 65.3 cm³/mol. The normalized spacial score (nSPS) is 14.5. The summed E-state index contributed by atoms with van der Waals surface area (Å²) in [6.45, 7) is 2.15. The van der Waals surface area contributed by atoms with Gasteiger partial charge in [-0.25, -0.2) is 8.78 Å². The summed E-state index contributed by atoms with van der Waals surface area (Å²) < 4.78 is 31.6. The van der Waals surface area contributed by atoms with E-state index in [1.54, 1.807) is 14.0 Å². The fourth-order valence-electron chi connectivity index (χ4n) is 1.79. The van der Waals surface area contributed by atoms with E-state index < -0.39 is 11.6 Å². The van der Waals surface area contributed by atoms with E-state index in [9.17, 15) is 13.9 Å². The lowest BCUT2D eigenvalue weighted by atomic mass is 10.1. The molecule has 102 valence electrons. The third-order valence-electron chi connectivity index (χ3n) is 2.82. The topological polar surface area (TPSA) is 41.5 Å². The van der Waals surface area contributed by atoms with E-state index in [-0.39, 0.29) is 24.3 Å². The molecule has 0 spiro atoms. The van der Waals surface area contributed by atoms with Gasteiger partial charge in [-0.3, -0.25) is 0 Å². The van der Waals surface area contributed by atoms with Crippen LogP contribution in [-0.4, -0.2) is 31.5 Å². The van der Waals surface area contributed by atoms with Gasteiger partial charge < -0.3 is 15.2 Å². The maximum Gasteiger partial charge on any atom is 0.163 e. The fourth-order valence-corrected chi connectivity index (χ4v) is 1.79. The highest BCUT2D eigenvalue weighted by atomic mass is 19.2. The molecule has 18 heavy (non-hydrogen) atoms. The van der Waals surface area contributed by atoms with Crippen LogP contribution in [0.3, 0.4) is 0 Å². The van der Waals surface area contributed by atoms with E-state index in [2.05, 4.69) is 5.32 Å². The Kier molecular flexibility index (Phi) is 6.18. The van der Waals surface area contributed by atoms with Crippen LogP contribution in [0.4, 0.5) is 8.78 Å². The van der Waals surface area contributed by atoms with Gasteiger partial charge in [0, 0.05) is 31.4 Å². The van der Waals surface area contributed by atoms with Crippen molar-refractivity contribution >= 4 is 0 Å². The first-order valence-corrected chi connectivity index (χ1v) is 5.90. The van der Waals surface area contributed by atoms with Crippen LogP contribution >= 0.6 is 0 Å². The van der Waals surface area contributed by atoms with Crippen LogP contribution in [0.5, 0.6) is 0 Å². The summed E-state index contributed by atoms with van der Waals surface area (Å²) in [7, 11) is 1.57. The van der Waals surface area contributed by atoms with Gasteiger partial charge in [0.1, 0.15) is 0 Å². The number of benzene rings is 1. The summed E-state index contributed by atoms with van der Waals surface area (Å²) in [5.41, 5.74) is 0.255. The van der Waals surface area contributed by atoms with E-state index in [1.165, 1.54) is 12.1 Å². The van der Waals surface area contributed by atoms with Gasteiger partial charge in [-0.15, -0.1) is 0 Å². The molecular weight excluding hydrogens is 240 g/mol. The number of hydrogen-bond acceptors (Lipinski definition) is 3. The van der Waals surface area contributed by atoms with E-state index >= 15 is 0 Å². The van der Waals surface area contributed by atoms with Gasteiger partial charge in [0.05, 0.1) is 6.61 Å². The molecule has 0 aliphatic rings. The van der Waals surface area contributed by atoms with Gasteiger partial charge in [0.2, 0.25) is 0 Å². The molecule has 1 aromatic rings. The minimum absolute atomic E-state index is 0.0787. The lowest BCUT2D eigenvalue weighted by Crippen LogP contribution is -2.35. The molecule has 0 bridgehead atoms. The average Bonchev–Trinajstić information content (AvgIpc) is 2.37. The molecule has 2 atom stereocenters. The zero-order valence-electron chi connectivity index (χ0n) is 10.6. The number of methoxy groups -OCH3 is 1. The standard InChI is InChI=1S/C13H19F2NO2/c1-9(16-10(8-17)6-7-18-2)11-4-3-5-12(14)13(11)15/h3-5,9-10,16-17H,6-8H2,1-2H3. The van der Waals surface area contributed by atoms with Crippen molar-refractivity contribution in [2.24, 2.45) is 0 Å². The molecule has 0 aromatic heterocycles. The number of aliphatic hydroxyl groups excluding tert-OH is 1. The molecule has 1 rings (SSSR count). The van der Waals surface area contributed by atoms with Crippen molar-refractivity contribution in [3.63, 3.8) is 0 Å². The maximum atomic E-state index is 13.6. The molecule has 0 saturated heterocycles. The molecule has 0 fully saturated rings. The van der Waals surface area contributed by atoms with Crippen LogP contribution in [0.15, 0.2) is 18.2 Å². The summed E-state index contributed by atoms with van der Waals surface area (Å²) in [4.78, 5) is 0. The highest BCUT2D eigenvalue weighted by molar-refractivity contribution is 5.22. The number of nitrogens with one attached hydrogen (secondary N) is 1. The van der Waals surface area contributed by atoms with Crippen molar-refractivity contribution in [3.8, 4) is 0 Å². The molecule has 0 saturated carbocycles. The molecule has 5 heteroatoms. The summed E-state index contributed by atoms with van der Waals surface area (Å²) in [5.74, 6) is -1.71. The highest BCUT2D eigenvalue weighted by Crippen LogP contribution is 2.19. The predicted octanol–water partition coefficient (Wildman–Crippen LogP) is 2.01. The third kappa shape index (κ3) is 4.01. The zero-order chi connectivity index (χ0) is 13.5. The van der Waals surface area contributed by atoms with Gasteiger partial charge in [-0.05, 0) is 19.4 Å². The fraction of sp³-hybridized carbons (Fsp3) is 0.538. The minimum atomic E-state index is -0.862. The summed E-state index contributed by atoms with van der Waals surface area (Å²) >= 11 is 0. The van der Waals surface area contributed by atoms with Crippen LogP contribution in [0.25, 0.3) is 0 Å². The Bertz CT molecular complexity index is 374. The SMILES string of the molecule is COCCC(CO)NC(C)c1cccc(F)c1F. The lowest BCUT2D eigenvalue weighted by molar-refractivity contribution is 0.155. The van der Waals surface area contributed by atoms with Crippen molar-refractivity contribution < 1.29 is 18.6 Å². The Morgan fingerprint density at radius 3 is 2.72 bits per heavy atom. The Labute approximate surface area is 106 Å². The molecule has 2 unspecified atom stereocenters. The first-order chi connectivity index (χ1) is 8.60. The Morgan fingerprint density at radius 1 is 1.39 bits per heavy atom. The average molecular weight is 259 g/mol. The monoisotopic (exact) mass is 259 g/mol. The van der Waals surface area contributed by atoms with E-state index in [1.807, 2.05) is 0 Å². The molecule has 0 heterocycles. The first-order valence-electron chi connectivity index (χ1n) is 5.90. The van der Waals surface area contributed by atoms with Crippen LogP contribution in [0, 0.1) is 11.6 Å². The molecule has 0 aliphatic heterocycles. The van der Waals surface area contributed by atoms with E-state index in [4.69, 9.17) is 4.74 Å². The summed E-state index contributed by atoms with van der Waals surface area (Å²) in [5, 5.41) is 12.2. The van der Waals surface area contributed by atoms with Crippen LogP contribution in [0.2, 0.25) is 0 Å². The van der Waals surface area contributed by atoms with Crippen molar-refractivity contribution in [3.05, 3.63) is 35.4 Å². The number of halogens is 2. The van der Waals surface area contributed by atoms with Gasteiger partial charge in [-0.2, -0.15) is 0 Å². The van der Waals surface area contributed by atoms with Crippen molar-refractivity contribution in [2.75, 3.05) is 20.3 Å². The third-order valence-corrected chi connectivity index (χ3v) is 2.82. The molecule has 1 aromatic carbocycles. The molecule has 2 N–H and O–H groups in total. The zero-order valence-corrected chi connectivity index (χ0v) is 10.6. The summed E-state index contributed by atoms with van der Waals surface area (Å²) in [6, 6.07) is 3.49. The number of aliphatic hydroxyl groups is 1. The van der Waals surface area contributed by atoms with Crippen molar-refractivity contribution in [1.29, 1.82) is 0 Å². The Balaban J connectivity index is 2.68. The van der Waals surface area contributed by atoms with Crippen molar-refractivity contribution in [2.45, 2.75) is 25.4 Å². The van der Waals surface area contributed by atoms with Crippen LogP contribution in [-0.2, 0) is 4.74 Å². The molecular formula is C13H19F2NO2. The minimum Gasteiger partial charge on any atom is -0.395 e. The second-order valence-corrected chi connectivity index (χ2v) is 4.19. The number of ether oxygens (including phenoxy) is 1. The first kappa shape index (κ1) is 15.0. The second-order valence-electron chi connectivity index (χ2n) is 4.19. The largest absolute Gasteiger partial charge is 0.395 e. The van der Waals surface area contributed by atoms with Gasteiger partial charge in [-0.1, -0.05) is 12.1 Å². The highest BCUT2D eigenvalue weighted by Gasteiger charge is 2.17. The summed E-state index contributed by atoms with van der Waals surface area (Å²) in [6.07, 6.45) is 0.605. The van der Waals surface area contributed by atoms with Crippen molar-refractivity contribution in [1.82, 2.24) is 5.32 Å². The van der Waals surface area contributed by atoms with Crippen LogP contribution in [0.1, 0.15) is 24.9 Å². The van der Waals surface area contributed by atoms with E-state index in [0.717, 1.165) is 6.07 Å². The molecule has 0 amide bonds. The Hall–Kier alpha value is -1.04. The molecule has 3 nitrogen and oxygen atoms in total. The Morgan fingerprint density at radius 2 is 2.11 bits per heavy atom.